The second kappa shape index (κ2) is 11.9. The fourth-order valence-electron chi connectivity index (χ4n) is 4.02. The molecule has 3 rings (SSSR count). The number of benzene rings is 1. The van der Waals surface area contributed by atoms with Gasteiger partial charge in [-0.15, -0.1) is 0 Å². The molecule has 1 radical (unpaired) electrons. The van der Waals surface area contributed by atoms with Gasteiger partial charge in [-0.05, 0) is 5.56 Å². The number of ether oxygens (including phenoxy) is 3. The molecule has 0 unspecified atom stereocenters. The van der Waals surface area contributed by atoms with Gasteiger partial charge in [0.2, 0.25) is 0 Å². The molecule has 0 saturated carbocycles. The Kier molecular flexibility index (Phi) is 8.94. The molecule has 0 aromatic heterocycles. The minimum atomic E-state index is -0.358. The molecule has 2 fully saturated rings. The minimum absolute atomic E-state index is 0.177. The molecule has 0 atom stereocenters. The first-order valence-electron chi connectivity index (χ1n) is 11.1. The van der Waals surface area contributed by atoms with Gasteiger partial charge in [-0.3, -0.25) is 0 Å². The van der Waals surface area contributed by atoms with Gasteiger partial charge in [0.15, 0.2) is 0 Å². The second-order valence-electron chi connectivity index (χ2n) is 8.30. The maximum atomic E-state index is 12.2. The van der Waals surface area contributed by atoms with Crippen molar-refractivity contribution in [2.45, 2.75) is 51.7 Å². The molecular formula is C23H32BN2O5. The van der Waals surface area contributed by atoms with Crippen molar-refractivity contribution in [1.82, 2.24) is 9.80 Å². The van der Waals surface area contributed by atoms with E-state index in [1.807, 2.05) is 30.3 Å². The van der Waals surface area contributed by atoms with Crippen molar-refractivity contribution >= 4 is 25.3 Å². The normalized spacial score (nSPS) is 17.9. The van der Waals surface area contributed by atoms with Crippen LogP contribution < -0.4 is 0 Å². The van der Waals surface area contributed by atoms with Crippen LogP contribution in [0.2, 0.25) is 0 Å². The molecule has 8 heteroatoms. The molecule has 0 aliphatic carbocycles. The third kappa shape index (κ3) is 7.69. The molecule has 2 heterocycles. The van der Waals surface area contributed by atoms with Crippen molar-refractivity contribution in [2.75, 3.05) is 32.8 Å². The van der Waals surface area contributed by atoms with Crippen LogP contribution in [0.5, 0.6) is 0 Å². The quantitative estimate of drug-likeness (QED) is 0.625. The number of hydrogen-bond donors (Lipinski definition) is 0. The summed E-state index contributed by atoms with van der Waals surface area (Å²) in [4.78, 5) is 27.6. The summed E-state index contributed by atoms with van der Waals surface area (Å²) in [6.45, 7) is 5.30. The van der Waals surface area contributed by atoms with Crippen molar-refractivity contribution < 1.29 is 23.8 Å². The van der Waals surface area contributed by atoms with Crippen LogP contribution in [0, 0.1) is 5.92 Å². The summed E-state index contributed by atoms with van der Waals surface area (Å²) in [7, 11) is 5.43. The molecule has 2 saturated heterocycles. The summed E-state index contributed by atoms with van der Waals surface area (Å²) >= 11 is 0. The Morgan fingerprint density at radius 3 is 2.23 bits per heavy atom. The van der Waals surface area contributed by atoms with Gasteiger partial charge in [0, 0.05) is 13.1 Å². The molecule has 1 aromatic rings. The number of rotatable bonds is 7. The van der Waals surface area contributed by atoms with Crippen molar-refractivity contribution in [3.8, 4) is 0 Å². The van der Waals surface area contributed by atoms with Crippen LogP contribution in [-0.2, 0) is 20.8 Å². The standard InChI is InChI=1S/C23H32BN2O5/c1-18(24)31-23(28)26-12-7-19(8-13-26)11-16-29-21-9-14-25(15-10-21)22(27)30-17-20-5-3-2-4-6-20/h2-6,19,21H,7-17H2,1H3. The fourth-order valence-corrected chi connectivity index (χ4v) is 4.02. The molecular weight excluding hydrogens is 395 g/mol. The van der Waals surface area contributed by atoms with Crippen molar-refractivity contribution in [1.29, 1.82) is 0 Å². The number of nitrogens with zero attached hydrogens (tertiary/aromatic N) is 2. The summed E-state index contributed by atoms with van der Waals surface area (Å²) in [5.41, 5.74) is 1.17. The number of hydrogen-bond acceptors (Lipinski definition) is 5. The van der Waals surface area contributed by atoms with E-state index in [9.17, 15) is 9.59 Å². The Balaban J connectivity index is 1.26. The molecule has 167 valence electrons. The van der Waals surface area contributed by atoms with E-state index in [0.29, 0.717) is 45.3 Å². The zero-order valence-electron chi connectivity index (χ0n) is 18.3. The first kappa shape index (κ1) is 23.3. The molecule has 0 N–H and O–H groups in total. The zero-order valence-corrected chi connectivity index (χ0v) is 18.3. The summed E-state index contributed by atoms with van der Waals surface area (Å²) in [5.74, 6) is 0.556. The topological polar surface area (TPSA) is 68.3 Å². The Morgan fingerprint density at radius 1 is 0.968 bits per heavy atom. The van der Waals surface area contributed by atoms with Gasteiger partial charge < -0.3 is 9.64 Å². The van der Waals surface area contributed by atoms with Crippen LogP contribution >= 0.6 is 0 Å². The SMILES string of the molecule is [B]=C(C)OC(=O)N1CCC(CCOC2CCN(C(=O)OCc3ccccc3)CC2)CC1. The molecule has 2 amide bonds. The second-order valence-corrected chi connectivity index (χ2v) is 8.30. The van der Waals surface area contributed by atoms with E-state index in [1.165, 1.54) is 0 Å². The van der Waals surface area contributed by atoms with E-state index >= 15 is 0 Å². The van der Waals surface area contributed by atoms with Crippen LogP contribution in [0.4, 0.5) is 9.59 Å². The zero-order chi connectivity index (χ0) is 22.1. The molecule has 0 bridgehead atoms. The van der Waals surface area contributed by atoms with Crippen LogP contribution in [0.1, 0.15) is 44.6 Å². The summed E-state index contributed by atoms with van der Waals surface area (Å²) in [5, 5.41) is 0. The summed E-state index contributed by atoms with van der Waals surface area (Å²) < 4.78 is 16.4. The number of amides is 2. The Hall–Kier alpha value is -2.35. The van der Waals surface area contributed by atoms with Crippen molar-refractivity contribution in [3.05, 3.63) is 35.9 Å². The molecule has 1 aromatic carbocycles. The monoisotopic (exact) mass is 427 g/mol. The van der Waals surface area contributed by atoms with E-state index in [4.69, 9.17) is 21.7 Å². The van der Waals surface area contributed by atoms with Gasteiger partial charge >= 0.3 is 115 Å². The maximum absolute atomic E-state index is 12.2. The van der Waals surface area contributed by atoms with E-state index in [1.54, 1.807) is 16.7 Å². The van der Waals surface area contributed by atoms with Gasteiger partial charge in [0.1, 0.15) is 6.61 Å². The third-order valence-corrected chi connectivity index (χ3v) is 5.91. The first-order chi connectivity index (χ1) is 15.0. The van der Waals surface area contributed by atoms with Gasteiger partial charge in [0.25, 0.3) is 0 Å². The third-order valence-electron chi connectivity index (χ3n) is 5.91. The van der Waals surface area contributed by atoms with Crippen molar-refractivity contribution in [2.24, 2.45) is 5.92 Å². The fraction of sp³-hybridized carbons (Fsp3) is 0.609. The average Bonchev–Trinajstić information content (AvgIpc) is 2.78. The molecule has 2 aliphatic heterocycles. The molecule has 0 spiro atoms. The van der Waals surface area contributed by atoms with Crippen LogP contribution in [0.15, 0.2) is 30.3 Å². The van der Waals surface area contributed by atoms with Gasteiger partial charge in [-0.1, -0.05) is 30.3 Å². The Labute approximate surface area is 185 Å². The van der Waals surface area contributed by atoms with Crippen LogP contribution in [0.3, 0.4) is 0 Å². The molecule has 2 aliphatic rings. The van der Waals surface area contributed by atoms with Crippen LogP contribution in [-0.4, -0.2) is 74.0 Å². The summed E-state index contributed by atoms with van der Waals surface area (Å²) in [6.07, 6.45) is 4.14. The Bertz CT molecular complexity index is 729. The van der Waals surface area contributed by atoms with Crippen LogP contribution in [0.25, 0.3) is 0 Å². The van der Waals surface area contributed by atoms with Gasteiger partial charge in [-0.2, -0.15) is 0 Å². The first-order valence-corrected chi connectivity index (χ1v) is 11.1. The van der Waals surface area contributed by atoms with Gasteiger partial charge in [-0.25, -0.2) is 4.79 Å². The molecule has 7 nitrogen and oxygen atoms in total. The van der Waals surface area contributed by atoms with E-state index in [2.05, 4.69) is 0 Å². The molecule has 31 heavy (non-hydrogen) atoms. The predicted octanol–water partition coefficient (Wildman–Crippen LogP) is 3.36. The van der Waals surface area contributed by atoms with E-state index < -0.39 is 0 Å². The number of piperidine rings is 2. The predicted molar refractivity (Wildman–Crippen MR) is 119 cm³/mol. The van der Waals surface area contributed by atoms with Gasteiger partial charge in [0.05, 0.1) is 0 Å². The van der Waals surface area contributed by atoms with E-state index in [-0.39, 0.29) is 23.9 Å². The van der Waals surface area contributed by atoms with Crippen molar-refractivity contribution in [3.63, 3.8) is 0 Å². The Morgan fingerprint density at radius 2 is 1.58 bits per heavy atom. The summed E-state index contributed by atoms with van der Waals surface area (Å²) in [6, 6.07) is 9.71. The number of carbonyl (C=O) groups excluding carboxylic acids is 2. The number of likely N-dealkylation sites (tertiary alicyclic amines) is 2. The number of carbonyl (C=O) groups is 2. The average molecular weight is 427 g/mol. The van der Waals surface area contributed by atoms with E-state index in [0.717, 1.165) is 37.7 Å².